The predicted molar refractivity (Wildman–Crippen MR) is 97.5 cm³/mol. The lowest BCUT2D eigenvalue weighted by molar-refractivity contribution is -0.260. The van der Waals surface area contributed by atoms with Crippen molar-refractivity contribution in [2.45, 2.75) is 31.5 Å². The molecule has 3 aromatic rings. The van der Waals surface area contributed by atoms with Crippen LogP contribution < -0.4 is 10.4 Å². The van der Waals surface area contributed by atoms with E-state index in [1.54, 1.807) is 31.2 Å². The Labute approximate surface area is 154 Å². The summed E-state index contributed by atoms with van der Waals surface area (Å²) in [5.74, 6) is -0.130. The molecule has 1 fully saturated rings. The van der Waals surface area contributed by atoms with E-state index in [4.69, 9.17) is 13.9 Å². The van der Waals surface area contributed by atoms with Crippen LogP contribution in [0.3, 0.4) is 0 Å². The summed E-state index contributed by atoms with van der Waals surface area (Å²) >= 11 is 0. The lowest BCUT2D eigenvalue weighted by Gasteiger charge is -2.40. The Bertz CT molecular complexity index is 1030. The van der Waals surface area contributed by atoms with Gasteiger partial charge in [-0.1, -0.05) is 25.1 Å². The third kappa shape index (κ3) is 3.08. The molecule has 1 aliphatic heterocycles. The van der Waals surface area contributed by atoms with Crippen LogP contribution in [-0.2, 0) is 4.74 Å². The molecule has 27 heavy (non-hydrogen) atoms. The molecule has 0 aliphatic carbocycles. The average molecular weight is 372 g/mol. The Balaban J connectivity index is 1.68. The molecule has 1 aliphatic rings. The monoisotopic (exact) mass is 372 g/mol. The second-order valence-electron chi connectivity index (χ2n) is 6.78. The zero-order chi connectivity index (χ0) is 19.1. The minimum atomic E-state index is -1.28. The Morgan fingerprint density at radius 3 is 2.52 bits per heavy atom. The van der Waals surface area contributed by atoms with Crippen molar-refractivity contribution in [3.05, 3.63) is 52.9 Å². The van der Waals surface area contributed by atoms with Crippen molar-refractivity contribution in [1.82, 2.24) is 0 Å². The fourth-order valence-electron chi connectivity index (χ4n) is 3.44. The molecule has 0 saturated carbocycles. The van der Waals surface area contributed by atoms with Crippen LogP contribution in [0.4, 0.5) is 0 Å². The SMILES string of the molecule is CC1C(CO)OC(Oc2ccc3c(c2)oc(=O)c2ccccc23)C(O)C1O. The van der Waals surface area contributed by atoms with E-state index in [0.717, 1.165) is 10.8 Å². The van der Waals surface area contributed by atoms with Crippen LogP contribution in [0.15, 0.2) is 51.7 Å². The molecule has 7 heteroatoms. The van der Waals surface area contributed by atoms with Gasteiger partial charge in [-0.05, 0) is 23.6 Å². The third-order valence-electron chi connectivity index (χ3n) is 5.09. The first-order chi connectivity index (χ1) is 13.0. The molecule has 4 rings (SSSR count). The molecule has 5 unspecified atom stereocenters. The molecule has 7 nitrogen and oxygen atoms in total. The van der Waals surface area contributed by atoms with Gasteiger partial charge in [-0.2, -0.15) is 0 Å². The van der Waals surface area contributed by atoms with Gasteiger partial charge in [0.15, 0.2) is 0 Å². The number of fused-ring (bicyclic) bond motifs is 3. The maximum Gasteiger partial charge on any atom is 0.344 e. The lowest BCUT2D eigenvalue weighted by atomic mass is 9.91. The van der Waals surface area contributed by atoms with Crippen LogP contribution in [0, 0.1) is 5.92 Å². The van der Waals surface area contributed by atoms with Crippen molar-refractivity contribution in [1.29, 1.82) is 0 Å². The summed E-state index contributed by atoms with van der Waals surface area (Å²) in [7, 11) is 0. The first-order valence-corrected chi connectivity index (χ1v) is 8.74. The molecular weight excluding hydrogens is 352 g/mol. The fourth-order valence-corrected chi connectivity index (χ4v) is 3.44. The maximum absolute atomic E-state index is 12.2. The van der Waals surface area contributed by atoms with Crippen molar-refractivity contribution in [3.8, 4) is 5.75 Å². The summed E-state index contributed by atoms with van der Waals surface area (Å²) in [5.41, 5.74) is -0.108. The topological polar surface area (TPSA) is 109 Å². The first kappa shape index (κ1) is 17.9. The number of rotatable bonds is 3. The summed E-state index contributed by atoms with van der Waals surface area (Å²) in [5, 5.41) is 31.8. The molecule has 0 spiro atoms. The lowest BCUT2D eigenvalue weighted by Crippen LogP contribution is -2.56. The highest BCUT2D eigenvalue weighted by Crippen LogP contribution is 2.30. The Morgan fingerprint density at radius 2 is 1.78 bits per heavy atom. The Kier molecular flexibility index (Phi) is 4.61. The van der Waals surface area contributed by atoms with Gasteiger partial charge in [0, 0.05) is 17.4 Å². The van der Waals surface area contributed by atoms with E-state index in [0.29, 0.717) is 16.7 Å². The fraction of sp³-hybridized carbons (Fsp3) is 0.350. The van der Waals surface area contributed by atoms with Crippen molar-refractivity contribution in [3.63, 3.8) is 0 Å². The van der Waals surface area contributed by atoms with Crippen molar-refractivity contribution >= 4 is 21.7 Å². The van der Waals surface area contributed by atoms with E-state index in [1.165, 1.54) is 6.07 Å². The van der Waals surface area contributed by atoms with E-state index in [2.05, 4.69) is 0 Å². The zero-order valence-electron chi connectivity index (χ0n) is 14.6. The van der Waals surface area contributed by atoms with E-state index in [1.807, 2.05) is 12.1 Å². The van der Waals surface area contributed by atoms with Crippen molar-refractivity contribution in [2.24, 2.45) is 5.92 Å². The summed E-state index contributed by atoms with van der Waals surface area (Å²) < 4.78 is 16.6. The number of aliphatic hydroxyl groups is 3. The highest BCUT2D eigenvalue weighted by atomic mass is 16.7. The van der Waals surface area contributed by atoms with Crippen LogP contribution in [-0.4, -0.2) is 46.5 Å². The summed E-state index contributed by atoms with van der Waals surface area (Å²) in [4.78, 5) is 12.2. The number of hydrogen-bond donors (Lipinski definition) is 3. The van der Waals surface area contributed by atoms with Crippen LogP contribution in [0.1, 0.15) is 6.92 Å². The van der Waals surface area contributed by atoms with Gasteiger partial charge in [0.2, 0.25) is 6.29 Å². The van der Waals surface area contributed by atoms with E-state index >= 15 is 0 Å². The number of ether oxygens (including phenoxy) is 2. The summed E-state index contributed by atoms with van der Waals surface area (Å²) in [6.07, 6.45) is -4.18. The van der Waals surface area contributed by atoms with Gasteiger partial charge < -0.3 is 29.2 Å². The number of benzene rings is 2. The predicted octanol–water partition coefficient (Wildman–Crippen LogP) is 1.40. The largest absolute Gasteiger partial charge is 0.462 e. The molecule has 2 heterocycles. The molecule has 1 saturated heterocycles. The van der Waals surface area contributed by atoms with Gasteiger partial charge in [-0.3, -0.25) is 0 Å². The van der Waals surface area contributed by atoms with Crippen molar-refractivity contribution in [2.75, 3.05) is 6.61 Å². The molecule has 5 atom stereocenters. The van der Waals surface area contributed by atoms with Gasteiger partial charge in [-0.15, -0.1) is 0 Å². The summed E-state index contributed by atoms with van der Waals surface area (Å²) in [6.45, 7) is 1.38. The van der Waals surface area contributed by atoms with Crippen molar-refractivity contribution < 1.29 is 29.2 Å². The highest BCUT2D eigenvalue weighted by Gasteiger charge is 2.43. The van der Waals surface area contributed by atoms with Crippen LogP contribution >= 0.6 is 0 Å². The van der Waals surface area contributed by atoms with Crippen LogP contribution in [0.5, 0.6) is 5.75 Å². The standard InChI is InChI=1S/C20H20O7/c1-10-16(9-21)27-20(18(23)17(10)22)25-11-6-7-13-12-4-2-3-5-14(12)19(24)26-15(13)8-11/h2-8,10,16-18,20-23H,9H2,1H3. The normalized spacial score (nSPS) is 28.5. The molecule has 142 valence electrons. The zero-order valence-corrected chi connectivity index (χ0v) is 14.6. The highest BCUT2D eigenvalue weighted by molar-refractivity contribution is 6.04. The Morgan fingerprint density at radius 1 is 1.04 bits per heavy atom. The maximum atomic E-state index is 12.2. The van der Waals surface area contributed by atoms with Crippen LogP contribution in [0.25, 0.3) is 21.7 Å². The van der Waals surface area contributed by atoms with Gasteiger partial charge in [0.25, 0.3) is 0 Å². The molecular formula is C20H20O7. The third-order valence-corrected chi connectivity index (χ3v) is 5.09. The Hall–Kier alpha value is -2.45. The molecule has 3 N–H and O–H groups in total. The smallest absolute Gasteiger partial charge is 0.344 e. The van der Waals surface area contributed by atoms with Gasteiger partial charge in [-0.25, -0.2) is 4.79 Å². The van der Waals surface area contributed by atoms with Gasteiger partial charge in [0.05, 0.1) is 24.2 Å². The quantitative estimate of drug-likeness (QED) is 0.471. The average Bonchev–Trinajstić information content (AvgIpc) is 2.68. The van der Waals surface area contributed by atoms with Gasteiger partial charge in [0.1, 0.15) is 17.4 Å². The molecule has 1 aromatic heterocycles. The molecule has 0 bridgehead atoms. The van der Waals surface area contributed by atoms with E-state index < -0.39 is 36.1 Å². The second kappa shape index (κ2) is 6.94. The number of hydrogen-bond acceptors (Lipinski definition) is 7. The minimum Gasteiger partial charge on any atom is -0.462 e. The second-order valence-corrected chi connectivity index (χ2v) is 6.78. The van der Waals surface area contributed by atoms with E-state index in [-0.39, 0.29) is 6.61 Å². The first-order valence-electron chi connectivity index (χ1n) is 8.74. The molecule has 0 radical (unpaired) electrons. The van der Waals surface area contributed by atoms with Crippen LogP contribution in [0.2, 0.25) is 0 Å². The molecule has 2 aromatic carbocycles. The molecule has 0 amide bonds. The van der Waals surface area contributed by atoms with Gasteiger partial charge >= 0.3 is 5.63 Å². The minimum absolute atomic E-state index is 0.302. The number of aliphatic hydroxyl groups excluding tert-OH is 3. The summed E-state index contributed by atoms with van der Waals surface area (Å²) in [6, 6.07) is 12.1. The van der Waals surface area contributed by atoms with E-state index in [9.17, 15) is 20.1 Å².